The zero-order chi connectivity index (χ0) is 13.1. The van der Waals surface area contributed by atoms with Gasteiger partial charge in [-0.2, -0.15) is 0 Å². The van der Waals surface area contributed by atoms with E-state index in [9.17, 15) is 9.18 Å². The Balaban J connectivity index is 0.00000180. The van der Waals surface area contributed by atoms with E-state index >= 15 is 0 Å². The van der Waals surface area contributed by atoms with Gasteiger partial charge in [0.05, 0.1) is 5.56 Å². The number of halogens is 2. The summed E-state index contributed by atoms with van der Waals surface area (Å²) in [6, 6.07) is 5.43. The Morgan fingerprint density at radius 2 is 2.21 bits per heavy atom. The van der Waals surface area contributed by atoms with Crippen molar-refractivity contribution in [3.05, 3.63) is 35.1 Å². The Labute approximate surface area is 119 Å². The van der Waals surface area contributed by atoms with Crippen molar-refractivity contribution in [2.24, 2.45) is 0 Å². The van der Waals surface area contributed by atoms with E-state index < -0.39 is 5.82 Å². The molecule has 2 N–H and O–H groups in total. The summed E-state index contributed by atoms with van der Waals surface area (Å²) in [5.74, 6) is -0.729. The second-order valence-corrected chi connectivity index (χ2v) is 4.99. The van der Waals surface area contributed by atoms with Crippen molar-refractivity contribution in [1.29, 1.82) is 0 Å². The van der Waals surface area contributed by atoms with Gasteiger partial charge in [-0.15, -0.1) is 12.4 Å². The molecule has 1 amide bonds. The maximum absolute atomic E-state index is 13.8. The lowest BCUT2D eigenvalue weighted by molar-refractivity contribution is 0.0921. The summed E-state index contributed by atoms with van der Waals surface area (Å²) in [4.78, 5) is 12.0. The molecule has 0 saturated carbocycles. The van der Waals surface area contributed by atoms with Crippen LogP contribution in [0.5, 0.6) is 0 Å². The van der Waals surface area contributed by atoms with Crippen LogP contribution < -0.4 is 10.6 Å². The Morgan fingerprint density at radius 3 is 2.89 bits per heavy atom. The molecule has 1 heterocycles. The number of carbonyl (C=O) groups excluding carboxylic acids is 1. The third-order valence-corrected chi connectivity index (χ3v) is 3.40. The topological polar surface area (TPSA) is 41.1 Å². The number of aryl methyl sites for hydroxylation is 1. The zero-order valence-corrected chi connectivity index (χ0v) is 12.0. The van der Waals surface area contributed by atoms with Crippen molar-refractivity contribution in [3.8, 4) is 0 Å². The van der Waals surface area contributed by atoms with Crippen molar-refractivity contribution < 1.29 is 9.18 Å². The van der Waals surface area contributed by atoms with Gasteiger partial charge in [-0.3, -0.25) is 4.79 Å². The molecule has 2 atom stereocenters. The fourth-order valence-corrected chi connectivity index (χ4v) is 2.35. The van der Waals surface area contributed by atoms with E-state index in [2.05, 4.69) is 17.6 Å². The Bertz CT molecular complexity index is 453. The highest BCUT2D eigenvalue weighted by Gasteiger charge is 2.21. The minimum absolute atomic E-state index is 0. The number of hydrogen-bond donors (Lipinski definition) is 2. The Hall–Kier alpha value is -1.13. The van der Waals surface area contributed by atoms with Gasteiger partial charge in [-0.05, 0) is 44.9 Å². The molecule has 2 rings (SSSR count). The standard InChI is InChI=1S/C14H19FN2O.ClH/c1-9-4-3-5-12(13(9)15)14(18)17-11-6-7-16-10(2)8-11;/h3-5,10-11,16H,6-8H2,1-2H3,(H,17,18);1H. The highest BCUT2D eigenvalue weighted by molar-refractivity contribution is 5.94. The van der Waals surface area contributed by atoms with E-state index in [4.69, 9.17) is 0 Å². The third-order valence-electron chi connectivity index (χ3n) is 3.40. The lowest BCUT2D eigenvalue weighted by Gasteiger charge is -2.28. The first-order valence-electron chi connectivity index (χ1n) is 6.37. The van der Waals surface area contributed by atoms with Crippen LogP contribution in [-0.2, 0) is 0 Å². The summed E-state index contributed by atoms with van der Waals surface area (Å²) in [6.07, 6.45) is 1.78. The number of piperidine rings is 1. The number of benzene rings is 1. The van der Waals surface area contributed by atoms with Crippen LogP contribution in [0.1, 0.15) is 35.7 Å². The molecule has 1 fully saturated rings. The fourth-order valence-electron chi connectivity index (χ4n) is 2.35. The molecule has 0 bridgehead atoms. The average molecular weight is 287 g/mol. The molecule has 1 aromatic carbocycles. The van der Waals surface area contributed by atoms with Gasteiger partial charge in [-0.1, -0.05) is 12.1 Å². The lowest BCUT2D eigenvalue weighted by atomic mass is 10.00. The molecule has 0 radical (unpaired) electrons. The van der Waals surface area contributed by atoms with E-state index in [1.165, 1.54) is 6.07 Å². The molecule has 1 aliphatic rings. The monoisotopic (exact) mass is 286 g/mol. The maximum atomic E-state index is 13.8. The molecule has 106 valence electrons. The zero-order valence-electron chi connectivity index (χ0n) is 11.2. The molecular weight excluding hydrogens is 267 g/mol. The van der Waals surface area contributed by atoms with Gasteiger partial charge in [-0.25, -0.2) is 4.39 Å². The second-order valence-electron chi connectivity index (χ2n) is 4.99. The third kappa shape index (κ3) is 3.91. The van der Waals surface area contributed by atoms with E-state index in [1.807, 2.05) is 0 Å². The van der Waals surface area contributed by atoms with Gasteiger partial charge >= 0.3 is 0 Å². The molecule has 1 aromatic rings. The summed E-state index contributed by atoms with van der Waals surface area (Å²) in [6.45, 7) is 4.65. The Morgan fingerprint density at radius 1 is 1.47 bits per heavy atom. The van der Waals surface area contributed by atoms with Crippen LogP contribution in [0.2, 0.25) is 0 Å². The van der Waals surface area contributed by atoms with Crippen LogP contribution in [0.15, 0.2) is 18.2 Å². The van der Waals surface area contributed by atoms with E-state index in [-0.39, 0.29) is 29.9 Å². The average Bonchev–Trinajstić information content (AvgIpc) is 2.32. The SMILES string of the molecule is Cc1cccc(C(=O)NC2CCNC(C)C2)c1F.Cl. The predicted octanol–water partition coefficient (Wildman–Crippen LogP) is 2.43. The molecule has 1 aliphatic heterocycles. The molecule has 0 aliphatic carbocycles. The highest BCUT2D eigenvalue weighted by Crippen LogP contribution is 2.14. The Kier molecular flexibility index (Phi) is 5.76. The minimum atomic E-state index is -0.419. The van der Waals surface area contributed by atoms with Crippen molar-refractivity contribution in [2.75, 3.05) is 6.54 Å². The largest absolute Gasteiger partial charge is 0.349 e. The molecule has 2 unspecified atom stereocenters. The van der Waals surface area contributed by atoms with Crippen LogP contribution in [0.3, 0.4) is 0 Å². The summed E-state index contributed by atoms with van der Waals surface area (Å²) in [7, 11) is 0. The van der Waals surface area contributed by atoms with E-state index in [0.29, 0.717) is 11.6 Å². The summed E-state index contributed by atoms with van der Waals surface area (Å²) >= 11 is 0. The van der Waals surface area contributed by atoms with Gasteiger partial charge in [0.25, 0.3) is 5.91 Å². The first kappa shape index (κ1) is 15.9. The number of amides is 1. The molecule has 0 spiro atoms. The van der Waals surface area contributed by atoms with Crippen LogP contribution in [0.25, 0.3) is 0 Å². The summed E-state index contributed by atoms with van der Waals surface area (Å²) < 4.78 is 13.8. The van der Waals surface area contributed by atoms with Gasteiger partial charge in [0, 0.05) is 12.1 Å². The summed E-state index contributed by atoms with van der Waals surface area (Å²) in [5, 5.41) is 6.23. The first-order valence-corrected chi connectivity index (χ1v) is 6.37. The lowest BCUT2D eigenvalue weighted by Crippen LogP contribution is -2.46. The quantitative estimate of drug-likeness (QED) is 0.877. The minimum Gasteiger partial charge on any atom is -0.349 e. The first-order chi connectivity index (χ1) is 8.58. The van der Waals surface area contributed by atoms with Gasteiger partial charge in [0.15, 0.2) is 0 Å². The van der Waals surface area contributed by atoms with Crippen LogP contribution in [0.4, 0.5) is 4.39 Å². The number of carbonyl (C=O) groups is 1. The van der Waals surface area contributed by atoms with Crippen LogP contribution in [-0.4, -0.2) is 24.5 Å². The van der Waals surface area contributed by atoms with Crippen molar-refractivity contribution in [1.82, 2.24) is 10.6 Å². The highest BCUT2D eigenvalue weighted by atomic mass is 35.5. The van der Waals surface area contributed by atoms with Crippen LogP contribution >= 0.6 is 12.4 Å². The smallest absolute Gasteiger partial charge is 0.254 e. The van der Waals surface area contributed by atoms with Crippen molar-refractivity contribution >= 4 is 18.3 Å². The molecule has 3 nitrogen and oxygen atoms in total. The van der Waals surface area contributed by atoms with E-state index in [1.54, 1.807) is 19.1 Å². The van der Waals surface area contributed by atoms with Gasteiger partial charge in [0.1, 0.15) is 5.82 Å². The number of hydrogen-bond acceptors (Lipinski definition) is 2. The van der Waals surface area contributed by atoms with Gasteiger partial charge < -0.3 is 10.6 Å². The van der Waals surface area contributed by atoms with Crippen molar-refractivity contribution in [3.63, 3.8) is 0 Å². The van der Waals surface area contributed by atoms with Crippen LogP contribution in [0, 0.1) is 12.7 Å². The second kappa shape index (κ2) is 6.87. The predicted molar refractivity (Wildman–Crippen MR) is 76.3 cm³/mol. The summed E-state index contributed by atoms with van der Waals surface area (Å²) in [5.41, 5.74) is 0.641. The fraction of sp³-hybridized carbons (Fsp3) is 0.500. The number of rotatable bonds is 2. The maximum Gasteiger partial charge on any atom is 0.254 e. The normalized spacial score (nSPS) is 22.5. The molecule has 19 heavy (non-hydrogen) atoms. The van der Waals surface area contributed by atoms with E-state index in [0.717, 1.165) is 19.4 Å². The molecule has 0 aromatic heterocycles. The van der Waals surface area contributed by atoms with Gasteiger partial charge in [0.2, 0.25) is 0 Å². The molecule has 1 saturated heterocycles. The number of nitrogens with one attached hydrogen (secondary N) is 2. The van der Waals surface area contributed by atoms with Crippen molar-refractivity contribution in [2.45, 2.75) is 38.8 Å². The molecule has 5 heteroatoms. The molecular formula is C14H20ClFN2O.